The SMILES string of the molecule is COCC(=O)NC(CCCCNC(=O)CCCCCCC(=O)ON1C(=O)CCC1=O)C(=O)OC. The number of esters is 1. The van der Waals surface area contributed by atoms with Crippen LogP contribution in [0.1, 0.15) is 70.6 Å². The molecule has 1 heterocycles. The van der Waals surface area contributed by atoms with Crippen LogP contribution in [-0.4, -0.2) is 74.0 Å². The van der Waals surface area contributed by atoms with E-state index in [2.05, 4.69) is 10.6 Å². The lowest BCUT2D eigenvalue weighted by molar-refractivity contribution is -0.197. The number of carbonyl (C=O) groups excluding carboxylic acids is 6. The predicted molar refractivity (Wildman–Crippen MR) is 118 cm³/mol. The highest BCUT2D eigenvalue weighted by Gasteiger charge is 2.32. The Kier molecular flexibility index (Phi) is 14.1. The number of carbonyl (C=O) groups is 6. The summed E-state index contributed by atoms with van der Waals surface area (Å²) in [6.07, 6.45) is 4.91. The van der Waals surface area contributed by atoms with E-state index in [1.165, 1.54) is 14.2 Å². The van der Waals surface area contributed by atoms with E-state index in [4.69, 9.17) is 14.3 Å². The van der Waals surface area contributed by atoms with Crippen molar-refractivity contribution in [3.63, 3.8) is 0 Å². The van der Waals surface area contributed by atoms with E-state index in [1.807, 2.05) is 0 Å². The molecule has 0 aromatic heterocycles. The van der Waals surface area contributed by atoms with Gasteiger partial charge in [-0.2, -0.15) is 0 Å². The Hall–Kier alpha value is -3.02. The Labute approximate surface area is 199 Å². The zero-order valence-electron chi connectivity index (χ0n) is 19.9. The van der Waals surface area contributed by atoms with Gasteiger partial charge in [0, 0.05) is 39.3 Å². The van der Waals surface area contributed by atoms with Crippen molar-refractivity contribution in [3.05, 3.63) is 0 Å². The summed E-state index contributed by atoms with van der Waals surface area (Å²) in [5.74, 6) is -2.62. The number of nitrogens with zero attached hydrogens (tertiary/aromatic N) is 1. The lowest BCUT2D eigenvalue weighted by Crippen LogP contribution is -2.43. The summed E-state index contributed by atoms with van der Waals surface area (Å²) in [5, 5.41) is 5.91. The van der Waals surface area contributed by atoms with Gasteiger partial charge >= 0.3 is 11.9 Å². The van der Waals surface area contributed by atoms with Crippen LogP contribution in [0, 0.1) is 0 Å². The van der Waals surface area contributed by atoms with Crippen LogP contribution >= 0.6 is 0 Å². The molecule has 2 N–H and O–H groups in total. The van der Waals surface area contributed by atoms with Crippen LogP contribution in [0.3, 0.4) is 0 Å². The minimum atomic E-state index is -0.753. The standard InChI is InChI=1S/C22H35N3O9/c1-32-15-18(27)24-16(22(31)33-2)9-7-8-14-23-17(26)10-5-3-4-6-11-21(30)34-25-19(28)12-13-20(25)29/h16H,3-15H2,1-2H3,(H,23,26)(H,24,27). The highest BCUT2D eigenvalue weighted by molar-refractivity contribution is 6.01. The molecule has 12 nitrogen and oxygen atoms in total. The van der Waals surface area contributed by atoms with Crippen LogP contribution in [0.25, 0.3) is 0 Å². The van der Waals surface area contributed by atoms with Crippen LogP contribution in [-0.2, 0) is 43.1 Å². The van der Waals surface area contributed by atoms with Crippen LogP contribution in [0.15, 0.2) is 0 Å². The van der Waals surface area contributed by atoms with Gasteiger partial charge in [0.1, 0.15) is 12.6 Å². The van der Waals surface area contributed by atoms with Gasteiger partial charge in [-0.05, 0) is 32.1 Å². The predicted octanol–water partition coefficient (Wildman–Crippen LogP) is 0.525. The molecule has 1 atom stereocenters. The number of hydroxylamine groups is 2. The fourth-order valence-electron chi connectivity index (χ4n) is 3.26. The average Bonchev–Trinajstić information content (AvgIpc) is 3.11. The fourth-order valence-corrected chi connectivity index (χ4v) is 3.26. The summed E-state index contributed by atoms with van der Waals surface area (Å²) in [6, 6.07) is -0.753. The second-order valence-corrected chi connectivity index (χ2v) is 7.88. The molecule has 4 amide bonds. The van der Waals surface area contributed by atoms with Crippen LogP contribution in [0.5, 0.6) is 0 Å². The van der Waals surface area contributed by atoms with Crippen molar-refractivity contribution in [1.29, 1.82) is 0 Å². The normalized spacial score (nSPS) is 14.0. The third-order valence-electron chi connectivity index (χ3n) is 5.07. The minimum absolute atomic E-state index is 0.0648. The van der Waals surface area contributed by atoms with Crippen molar-refractivity contribution >= 4 is 35.6 Å². The van der Waals surface area contributed by atoms with Gasteiger partial charge in [-0.15, -0.1) is 5.06 Å². The molecule has 0 saturated carbocycles. The third kappa shape index (κ3) is 11.7. The number of hydrogen-bond donors (Lipinski definition) is 2. The zero-order chi connectivity index (χ0) is 25.3. The first-order valence-electron chi connectivity index (χ1n) is 11.5. The minimum Gasteiger partial charge on any atom is -0.467 e. The number of unbranched alkanes of at least 4 members (excludes halogenated alkanes) is 4. The molecule has 0 spiro atoms. The zero-order valence-corrected chi connectivity index (χ0v) is 19.9. The number of methoxy groups -OCH3 is 2. The summed E-state index contributed by atoms with van der Waals surface area (Å²) in [6.45, 7) is 0.312. The molecule has 0 aromatic carbocycles. The number of imide groups is 1. The van der Waals surface area contributed by atoms with Gasteiger partial charge in [-0.1, -0.05) is 12.8 Å². The van der Waals surface area contributed by atoms with Gasteiger partial charge in [0.05, 0.1) is 7.11 Å². The molecule has 12 heteroatoms. The van der Waals surface area contributed by atoms with Crippen molar-refractivity contribution in [2.24, 2.45) is 0 Å². The molecule has 1 aliphatic rings. The highest BCUT2D eigenvalue weighted by Crippen LogP contribution is 2.14. The summed E-state index contributed by atoms with van der Waals surface area (Å²) in [5.41, 5.74) is 0. The maximum Gasteiger partial charge on any atom is 0.333 e. The molecule has 1 unspecified atom stereocenters. The maximum absolute atomic E-state index is 11.9. The Balaban J connectivity index is 2.06. The van der Waals surface area contributed by atoms with Crippen molar-refractivity contribution in [2.75, 3.05) is 27.4 Å². The summed E-state index contributed by atoms with van der Waals surface area (Å²) in [7, 11) is 2.64. The molecule has 1 aliphatic heterocycles. The van der Waals surface area contributed by atoms with Crippen molar-refractivity contribution in [3.8, 4) is 0 Å². The van der Waals surface area contributed by atoms with Gasteiger partial charge < -0.3 is 24.9 Å². The van der Waals surface area contributed by atoms with E-state index in [0.717, 1.165) is 6.42 Å². The topological polar surface area (TPSA) is 157 Å². The quantitative estimate of drug-likeness (QED) is 0.170. The molecule has 1 fully saturated rings. The monoisotopic (exact) mass is 485 g/mol. The number of nitrogens with one attached hydrogen (secondary N) is 2. The number of ether oxygens (including phenoxy) is 2. The van der Waals surface area contributed by atoms with Crippen molar-refractivity contribution in [1.82, 2.24) is 15.7 Å². The molecule has 192 valence electrons. The van der Waals surface area contributed by atoms with E-state index in [9.17, 15) is 28.8 Å². The summed E-state index contributed by atoms with van der Waals surface area (Å²) < 4.78 is 9.42. The molecule has 1 saturated heterocycles. The van der Waals surface area contributed by atoms with Crippen LogP contribution < -0.4 is 10.6 Å². The number of rotatable bonds is 17. The number of hydrogen-bond acceptors (Lipinski definition) is 9. The lowest BCUT2D eigenvalue weighted by Gasteiger charge is -2.16. The Morgan fingerprint density at radius 3 is 2.15 bits per heavy atom. The Morgan fingerprint density at radius 2 is 1.53 bits per heavy atom. The van der Waals surface area contributed by atoms with Crippen LogP contribution in [0.2, 0.25) is 0 Å². The molecular weight excluding hydrogens is 450 g/mol. The van der Waals surface area contributed by atoms with E-state index in [-0.39, 0.29) is 31.8 Å². The van der Waals surface area contributed by atoms with Crippen molar-refractivity contribution < 1.29 is 43.1 Å². The maximum atomic E-state index is 11.9. The van der Waals surface area contributed by atoms with E-state index in [0.29, 0.717) is 56.6 Å². The van der Waals surface area contributed by atoms with Gasteiger partial charge in [0.2, 0.25) is 11.8 Å². The third-order valence-corrected chi connectivity index (χ3v) is 5.07. The average molecular weight is 486 g/mol. The molecule has 0 bridgehead atoms. The molecular formula is C22H35N3O9. The smallest absolute Gasteiger partial charge is 0.333 e. The number of amides is 4. The lowest BCUT2D eigenvalue weighted by atomic mass is 10.1. The van der Waals surface area contributed by atoms with Gasteiger partial charge in [-0.25, -0.2) is 9.59 Å². The van der Waals surface area contributed by atoms with E-state index in [1.54, 1.807) is 0 Å². The first-order valence-corrected chi connectivity index (χ1v) is 11.5. The first kappa shape index (κ1) is 29.0. The fraction of sp³-hybridized carbons (Fsp3) is 0.727. The molecule has 0 aliphatic carbocycles. The highest BCUT2D eigenvalue weighted by atomic mass is 16.7. The van der Waals surface area contributed by atoms with Crippen LogP contribution in [0.4, 0.5) is 0 Å². The summed E-state index contributed by atoms with van der Waals surface area (Å²) in [4.78, 5) is 74.5. The van der Waals surface area contributed by atoms with E-state index < -0.39 is 35.7 Å². The Bertz CT molecular complexity index is 710. The first-order chi connectivity index (χ1) is 16.3. The molecule has 34 heavy (non-hydrogen) atoms. The molecule has 0 radical (unpaired) electrons. The Morgan fingerprint density at radius 1 is 0.882 bits per heavy atom. The van der Waals surface area contributed by atoms with Gasteiger partial charge in [-0.3, -0.25) is 19.2 Å². The van der Waals surface area contributed by atoms with E-state index >= 15 is 0 Å². The molecule has 1 rings (SSSR count). The second kappa shape index (κ2) is 16.6. The molecule has 0 aromatic rings. The van der Waals surface area contributed by atoms with Gasteiger partial charge in [0.15, 0.2) is 0 Å². The van der Waals surface area contributed by atoms with Gasteiger partial charge in [0.25, 0.3) is 11.8 Å². The van der Waals surface area contributed by atoms with Crippen molar-refractivity contribution in [2.45, 2.75) is 76.7 Å². The summed E-state index contributed by atoms with van der Waals surface area (Å²) >= 11 is 0. The second-order valence-electron chi connectivity index (χ2n) is 7.88. The largest absolute Gasteiger partial charge is 0.467 e.